The number of benzene rings is 1. The highest BCUT2D eigenvalue weighted by molar-refractivity contribution is 5.93. The van der Waals surface area contributed by atoms with Gasteiger partial charge in [0.2, 0.25) is 5.91 Å². The van der Waals surface area contributed by atoms with Crippen LogP contribution in [0.15, 0.2) is 18.2 Å². The third-order valence-corrected chi connectivity index (χ3v) is 3.51. The lowest BCUT2D eigenvalue weighted by atomic mass is 10.1. The van der Waals surface area contributed by atoms with Gasteiger partial charge in [-0.15, -0.1) is 0 Å². The number of nitrogens with zero attached hydrogens (tertiary/aromatic N) is 1. The van der Waals surface area contributed by atoms with E-state index in [1.165, 1.54) is 5.56 Å². The Bertz CT molecular complexity index is 476. The van der Waals surface area contributed by atoms with Crippen molar-refractivity contribution in [3.8, 4) is 0 Å². The molecule has 3 N–H and O–H groups in total. The average molecular weight is 277 g/mol. The minimum Gasteiger partial charge on any atom is -0.374 e. The monoisotopic (exact) mass is 277 g/mol. The quantitative estimate of drug-likeness (QED) is 0.858. The summed E-state index contributed by atoms with van der Waals surface area (Å²) in [4.78, 5) is 14.2. The highest BCUT2D eigenvalue weighted by Crippen LogP contribution is 2.16. The van der Waals surface area contributed by atoms with Crippen molar-refractivity contribution in [2.24, 2.45) is 5.73 Å². The van der Waals surface area contributed by atoms with Crippen molar-refractivity contribution in [1.29, 1.82) is 0 Å². The minimum atomic E-state index is 0.00891. The summed E-state index contributed by atoms with van der Waals surface area (Å²) in [6, 6.07) is 6.02. The minimum absolute atomic E-state index is 0.00891. The molecule has 1 atom stereocenters. The molecule has 5 nitrogen and oxygen atoms in total. The Labute approximate surface area is 120 Å². The number of hydrogen-bond acceptors (Lipinski definition) is 4. The van der Waals surface area contributed by atoms with E-state index >= 15 is 0 Å². The number of morpholine rings is 1. The zero-order valence-corrected chi connectivity index (χ0v) is 12.2. The molecule has 110 valence electrons. The molecule has 0 saturated carbocycles. The van der Waals surface area contributed by atoms with Crippen LogP contribution in [0.5, 0.6) is 0 Å². The standard InChI is InChI=1S/C15H23N3O2/c1-11-3-4-14(12(2)7-11)17-15(19)10-18-5-6-20-13(8-16)9-18/h3-4,7,13H,5-6,8-10,16H2,1-2H3,(H,17,19). The summed E-state index contributed by atoms with van der Waals surface area (Å²) in [5, 5.41) is 2.96. The number of hydrogen-bond donors (Lipinski definition) is 2. The molecule has 2 rings (SSSR count). The van der Waals surface area contributed by atoms with E-state index in [1.807, 2.05) is 26.0 Å². The highest BCUT2D eigenvalue weighted by atomic mass is 16.5. The summed E-state index contributed by atoms with van der Waals surface area (Å²) < 4.78 is 5.49. The lowest BCUT2D eigenvalue weighted by Crippen LogP contribution is -2.48. The van der Waals surface area contributed by atoms with E-state index in [-0.39, 0.29) is 12.0 Å². The summed E-state index contributed by atoms with van der Waals surface area (Å²) in [6.45, 7) is 7.05. The van der Waals surface area contributed by atoms with Gasteiger partial charge in [0.05, 0.1) is 19.3 Å². The van der Waals surface area contributed by atoms with Gasteiger partial charge in [0.25, 0.3) is 0 Å². The molecule has 5 heteroatoms. The highest BCUT2D eigenvalue weighted by Gasteiger charge is 2.21. The number of rotatable bonds is 4. The molecule has 1 unspecified atom stereocenters. The van der Waals surface area contributed by atoms with E-state index in [9.17, 15) is 4.79 Å². The third-order valence-electron chi connectivity index (χ3n) is 3.51. The van der Waals surface area contributed by atoms with Gasteiger partial charge < -0.3 is 15.8 Å². The van der Waals surface area contributed by atoms with Crippen LogP contribution in [0, 0.1) is 13.8 Å². The lowest BCUT2D eigenvalue weighted by Gasteiger charge is -2.31. The number of ether oxygens (including phenoxy) is 1. The van der Waals surface area contributed by atoms with Crippen LogP contribution in [0.1, 0.15) is 11.1 Å². The molecule has 1 aliphatic rings. The van der Waals surface area contributed by atoms with Crippen LogP contribution in [0.2, 0.25) is 0 Å². The number of nitrogens with one attached hydrogen (secondary N) is 1. The average Bonchev–Trinajstić information content (AvgIpc) is 2.42. The largest absolute Gasteiger partial charge is 0.374 e. The van der Waals surface area contributed by atoms with Crippen molar-refractivity contribution in [3.63, 3.8) is 0 Å². The van der Waals surface area contributed by atoms with Gasteiger partial charge in [-0.3, -0.25) is 9.69 Å². The predicted octanol–water partition coefficient (Wildman–Crippen LogP) is 0.901. The summed E-state index contributed by atoms with van der Waals surface area (Å²) in [6.07, 6.45) is 0.0395. The van der Waals surface area contributed by atoms with Crippen LogP contribution in [-0.4, -0.2) is 49.7 Å². The van der Waals surface area contributed by atoms with Crippen molar-refractivity contribution in [1.82, 2.24) is 4.90 Å². The van der Waals surface area contributed by atoms with Crippen molar-refractivity contribution in [2.75, 3.05) is 38.1 Å². The number of carbonyl (C=O) groups excluding carboxylic acids is 1. The molecule has 0 aromatic heterocycles. The molecule has 1 aromatic rings. The maximum Gasteiger partial charge on any atom is 0.238 e. The maximum atomic E-state index is 12.1. The fourth-order valence-corrected chi connectivity index (χ4v) is 2.41. The van der Waals surface area contributed by atoms with Crippen LogP contribution in [0.4, 0.5) is 5.69 Å². The predicted molar refractivity (Wildman–Crippen MR) is 79.8 cm³/mol. The number of carbonyl (C=O) groups is 1. The Morgan fingerprint density at radius 1 is 1.50 bits per heavy atom. The van der Waals surface area contributed by atoms with Gasteiger partial charge in [-0.05, 0) is 25.5 Å². The topological polar surface area (TPSA) is 67.6 Å². The molecule has 1 saturated heterocycles. The summed E-state index contributed by atoms with van der Waals surface area (Å²) in [5.41, 5.74) is 8.76. The fraction of sp³-hybridized carbons (Fsp3) is 0.533. The zero-order chi connectivity index (χ0) is 14.5. The van der Waals surface area contributed by atoms with Gasteiger partial charge in [-0.1, -0.05) is 17.7 Å². The molecular weight excluding hydrogens is 254 g/mol. The molecule has 1 heterocycles. The smallest absolute Gasteiger partial charge is 0.238 e. The Morgan fingerprint density at radius 2 is 2.30 bits per heavy atom. The third kappa shape index (κ3) is 4.03. The first-order valence-corrected chi connectivity index (χ1v) is 6.99. The van der Waals surface area contributed by atoms with Gasteiger partial charge in [0.15, 0.2) is 0 Å². The van der Waals surface area contributed by atoms with E-state index in [4.69, 9.17) is 10.5 Å². The molecular formula is C15H23N3O2. The Hall–Kier alpha value is -1.43. The van der Waals surface area contributed by atoms with E-state index in [0.29, 0.717) is 19.7 Å². The zero-order valence-electron chi connectivity index (χ0n) is 12.2. The van der Waals surface area contributed by atoms with Crippen LogP contribution < -0.4 is 11.1 Å². The normalized spacial score (nSPS) is 19.9. The van der Waals surface area contributed by atoms with E-state index < -0.39 is 0 Å². The molecule has 20 heavy (non-hydrogen) atoms. The number of amides is 1. The van der Waals surface area contributed by atoms with Crippen molar-refractivity contribution >= 4 is 11.6 Å². The number of nitrogens with two attached hydrogens (primary N) is 1. The fourth-order valence-electron chi connectivity index (χ4n) is 2.41. The van der Waals surface area contributed by atoms with Gasteiger partial charge in [0, 0.05) is 25.3 Å². The Morgan fingerprint density at radius 3 is 3.00 bits per heavy atom. The maximum absolute atomic E-state index is 12.1. The second-order valence-corrected chi connectivity index (χ2v) is 5.33. The SMILES string of the molecule is Cc1ccc(NC(=O)CN2CCOC(CN)C2)c(C)c1. The Balaban J connectivity index is 1.88. The Kier molecular flexibility index (Phi) is 5.11. The molecule has 0 spiro atoms. The van der Waals surface area contributed by atoms with Gasteiger partial charge >= 0.3 is 0 Å². The molecule has 1 amide bonds. The first-order chi connectivity index (χ1) is 9.58. The first-order valence-electron chi connectivity index (χ1n) is 6.99. The lowest BCUT2D eigenvalue weighted by molar-refractivity contribution is -0.119. The second kappa shape index (κ2) is 6.83. The van der Waals surface area contributed by atoms with Crippen molar-refractivity contribution < 1.29 is 9.53 Å². The number of aryl methyl sites for hydroxylation is 2. The van der Waals surface area contributed by atoms with Crippen molar-refractivity contribution in [3.05, 3.63) is 29.3 Å². The van der Waals surface area contributed by atoms with Crippen LogP contribution in [0.3, 0.4) is 0 Å². The van der Waals surface area contributed by atoms with Gasteiger partial charge in [-0.2, -0.15) is 0 Å². The first kappa shape index (κ1) is 15.0. The van der Waals surface area contributed by atoms with Crippen LogP contribution in [0.25, 0.3) is 0 Å². The van der Waals surface area contributed by atoms with Gasteiger partial charge in [0.1, 0.15) is 0 Å². The second-order valence-electron chi connectivity index (χ2n) is 5.33. The molecule has 1 aliphatic heterocycles. The van der Waals surface area contributed by atoms with Crippen LogP contribution >= 0.6 is 0 Å². The van der Waals surface area contributed by atoms with E-state index in [0.717, 1.165) is 24.3 Å². The van der Waals surface area contributed by atoms with Crippen LogP contribution in [-0.2, 0) is 9.53 Å². The number of anilines is 1. The summed E-state index contributed by atoms with van der Waals surface area (Å²) in [5.74, 6) is 0.00891. The molecule has 1 fully saturated rings. The van der Waals surface area contributed by atoms with E-state index in [2.05, 4.69) is 16.3 Å². The summed E-state index contributed by atoms with van der Waals surface area (Å²) >= 11 is 0. The van der Waals surface area contributed by atoms with Crippen molar-refractivity contribution in [2.45, 2.75) is 20.0 Å². The molecule has 0 radical (unpaired) electrons. The molecule has 0 bridgehead atoms. The summed E-state index contributed by atoms with van der Waals surface area (Å²) in [7, 11) is 0. The molecule has 1 aromatic carbocycles. The molecule has 0 aliphatic carbocycles. The van der Waals surface area contributed by atoms with Gasteiger partial charge in [-0.25, -0.2) is 0 Å². The van der Waals surface area contributed by atoms with E-state index in [1.54, 1.807) is 0 Å².